The fourth-order valence-electron chi connectivity index (χ4n) is 3.46. The second kappa shape index (κ2) is 11.7. The Morgan fingerprint density at radius 2 is 2.27 bits per heavy atom. The Labute approximate surface area is 222 Å². The highest BCUT2D eigenvalue weighted by Gasteiger charge is 2.54. The molecule has 0 bridgehead atoms. The van der Waals surface area contributed by atoms with Gasteiger partial charge in [0, 0.05) is 23.4 Å². The molecule has 1 saturated heterocycles. The van der Waals surface area contributed by atoms with Gasteiger partial charge in [-0.25, -0.2) is 14.5 Å². The largest absolute Gasteiger partial charge is 0.477 e. The number of carboxylic acid groups (broad SMARTS) is 1. The van der Waals surface area contributed by atoms with Crippen LogP contribution in [0.15, 0.2) is 39.6 Å². The molecule has 15 nitrogen and oxygen atoms in total. The molecule has 0 saturated carbocycles. The number of hydrogen-bond donors (Lipinski definition) is 4. The first-order valence-corrected chi connectivity index (χ1v) is 13.6. The first-order valence-electron chi connectivity index (χ1n) is 10.7. The summed E-state index contributed by atoms with van der Waals surface area (Å²) in [6, 6.07) is -0.961. The van der Waals surface area contributed by atoms with Crippen LogP contribution in [-0.4, -0.2) is 94.8 Å². The average molecular weight is 567 g/mol. The van der Waals surface area contributed by atoms with Crippen molar-refractivity contribution in [1.29, 1.82) is 0 Å². The number of nitrogens with one attached hydrogen (secondary N) is 1. The summed E-state index contributed by atoms with van der Waals surface area (Å²) in [6.45, 7) is 4.30. The van der Waals surface area contributed by atoms with Crippen molar-refractivity contribution in [3.63, 3.8) is 0 Å². The van der Waals surface area contributed by atoms with Gasteiger partial charge in [0.1, 0.15) is 29.4 Å². The van der Waals surface area contributed by atoms with Crippen LogP contribution in [0.2, 0.25) is 0 Å². The number of nitrogen functional groups attached to an aromatic ring is 1. The number of tetrazole rings is 1. The van der Waals surface area contributed by atoms with Crippen molar-refractivity contribution in [3.05, 3.63) is 35.0 Å². The highest BCUT2D eigenvalue weighted by Crippen LogP contribution is 2.41. The standard InChI is InChI=1S/C19H22N10O5S3/c1-2-4-28-19(24-26-27-28)37-7-9-6-35-16-12(15(31)29(16)13(9)17(32)33)23-14(30)11(25-34-5-3-20)10-8-36-18(21)22-10/h2,8,12,16H,1,3-7,20H2,(H2,21,22)(H,23,30)(H,32,33)/b25-11-/t12?,16-/m1/s1. The summed E-state index contributed by atoms with van der Waals surface area (Å²) in [5, 5.41) is 29.4. The van der Waals surface area contributed by atoms with Crippen molar-refractivity contribution < 1.29 is 24.3 Å². The van der Waals surface area contributed by atoms with Crippen molar-refractivity contribution in [3.8, 4) is 0 Å². The van der Waals surface area contributed by atoms with Gasteiger partial charge in [0.15, 0.2) is 10.8 Å². The van der Waals surface area contributed by atoms with Gasteiger partial charge in [0.25, 0.3) is 11.8 Å². The Bertz CT molecular complexity index is 1270. The van der Waals surface area contributed by atoms with Crippen LogP contribution < -0.4 is 16.8 Å². The van der Waals surface area contributed by atoms with Crippen LogP contribution in [0.3, 0.4) is 0 Å². The minimum absolute atomic E-state index is 0.0680. The first kappa shape index (κ1) is 26.6. The Morgan fingerprint density at radius 3 is 2.95 bits per heavy atom. The lowest BCUT2D eigenvalue weighted by Gasteiger charge is -2.49. The summed E-state index contributed by atoms with van der Waals surface area (Å²) in [5.74, 6) is -1.90. The highest BCUT2D eigenvalue weighted by molar-refractivity contribution is 8.01. The van der Waals surface area contributed by atoms with Gasteiger partial charge in [-0.15, -0.1) is 34.8 Å². The predicted octanol–water partition coefficient (Wildman–Crippen LogP) is -0.892. The van der Waals surface area contributed by atoms with Crippen molar-refractivity contribution in [2.24, 2.45) is 10.9 Å². The van der Waals surface area contributed by atoms with Gasteiger partial charge in [0.05, 0.1) is 6.54 Å². The number of carbonyl (C=O) groups excluding carboxylic acids is 2. The third-order valence-corrected chi connectivity index (χ3v) is 8.11. The van der Waals surface area contributed by atoms with Crippen LogP contribution in [-0.2, 0) is 25.8 Å². The number of nitrogens with two attached hydrogens (primary N) is 2. The molecule has 2 atom stereocenters. The molecule has 2 aromatic rings. The van der Waals surface area contributed by atoms with E-state index < -0.39 is 29.2 Å². The summed E-state index contributed by atoms with van der Waals surface area (Å²) < 4.78 is 1.53. The van der Waals surface area contributed by atoms with Crippen molar-refractivity contribution in [2.75, 3.05) is 30.4 Å². The quantitative estimate of drug-likeness (QED) is 0.0613. The van der Waals surface area contributed by atoms with E-state index in [4.69, 9.17) is 16.3 Å². The lowest BCUT2D eigenvalue weighted by atomic mass is 10.0. The molecule has 1 fully saturated rings. The van der Waals surface area contributed by atoms with Gasteiger partial charge >= 0.3 is 5.97 Å². The number of allylic oxidation sites excluding steroid dienone is 1. The van der Waals surface area contributed by atoms with E-state index in [1.165, 1.54) is 38.5 Å². The zero-order valence-corrected chi connectivity index (χ0v) is 21.6. The summed E-state index contributed by atoms with van der Waals surface area (Å²) in [7, 11) is 0. The smallest absolute Gasteiger partial charge is 0.352 e. The Hall–Kier alpha value is -3.48. The van der Waals surface area contributed by atoms with Gasteiger partial charge in [-0.3, -0.25) is 14.5 Å². The molecule has 0 aromatic carbocycles. The minimum atomic E-state index is -1.24. The zero-order valence-electron chi connectivity index (χ0n) is 19.1. The number of hydrogen-bond acceptors (Lipinski definition) is 14. The molecule has 37 heavy (non-hydrogen) atoms. The number of thioether (sulfide) groups is 2. The lowest BCUT2D eigenvalue weighted by Crippen LogP contribution is -2.71. The molecule has 1 unspecified atom stereocenters. The minimum Gasteiger partial charge on any atom is -0.477 e. The number of carboxylic acids is 1. The van der Waals surface area contributed by atoms with Crippen LogP contribution in [0.25, 0.3) is 0 Å². The molecule has 6 N–H and O–H groups in total. The molecule has 0 aliphatic carbocycles. The number of carbonyl (C=O) groups is 3. The molecule has 2 aliphatic heterocycles. The summed E-state index contributed by atoms with van der Waals surface area (Å²) in [4.78, 5) is 48.4. The molecule has 0 spiro atoms. The summed E-state index contributed by atoms with van der Waals surface area (Å²) in [5.41, 5.74) is 11.5. The summed E-state index contributed by atoms with van der Waals surface area (Å²) in [6.07, 6.45) is 1.64. The number of aliphatic carboxylic acids is 1. The normalized spacial score (nSPS) is 19.3. The van der Waals surface area contributed by atoms with Gasteiger partial charge in [-0.05, 0) is 16.0 Å². The van der Waals surface area contributed by atoms with Crippen LogP contribution in [0, 0.1) is 0 Å². The highest BCUT2D eigenvalue weighted by atomic mass is 32.2. The fourth-order valence-corrected chi connectivity index (χ4v) is 6.38. The van der Waals surface area contributed by atoms with E-state index in [1.807, 2.05) is 0 Å². The fraction of sp³-hybridized carbons (Fsp3) is 0.368. The molecule has 2 aromatic heterocycles. The Kier molecular flexibility index (Phi) is 8.41. The van der Waals surface area contributed by atoms with Gasteiger partial charge in [-0.1, -0.05) is 23.0 Å². The van der Waals surface area contributed by atoms with Crippen LogP contribution >= 0.6 is 34.9 Å². The maximum Gasteiger partial charge on any atom is 0.352 e. The zero-order chi connectivity index (χ0) is 26.5. The van der Waals surface area contributed by atoms with E-state index in [1.54, 1.807) is 6.08 Å². The molecule has 18 heteroatoms. The Morgan fingerprint density at radius 1 is 1.46 bits per heavy atom. The van der Waals surface area contributed by atoms with Crippen molar-refractivity contribution >= 4 is 63.5 Å². The first-order chi connectivity index (χ1) is 17.8. The van der Waals surface area contributed by atoms with Crippen molar-refractivity contribution in [1.82, 2.24) is 35.4 Å². The number of thiazole rings is 1. The Balaban J connectivity index is 1.48. The van der Waals surface area contributed by atoms with E-state index in [9.17, 15) is 19.5 Å². The number of oxime groups is 1. The average Bonchev–Trinajstić information content (AvgIpc) is 3.51. The summed E-state index contributed by atoms with van der Waals surface area (Å²) >= 11 is 3.71. The lowest BCUT2D eigenvalue weighted by molar-refractivity contribution is -0.150. The molecule has 4 heterocycles. The molecule has 4 rings (SSSR count). The second-order valence-corrected chi connectivity index (χ2v) is 10.4. The number of fused-ring (bicyclic) bond motifs is 1. The van der Waals surface area contributed by atoms with Crippen molar-refractivity contribution in [2.45, 2.75) is 23.1 Å². The van der Waals surface area contributed by atoms with E-state index >= 15 is 0 Å². The topological polar surface area (TPSA) is 217 Å². The number of aromatic nitrogens is 5. The van der Waals surface area contributed by atoms with Gasteiger partial charge < -0.3 is 26.7 Å². The van der Waals surface area contributed by atoms with E-state index in [0.29, 0.717) is 23.0 Å². The predicted molar refractivity (Wildman–Crippen MR) is 136 cm³/mol. The molecule has 196 valence electrons. The van der Waals surface area contributed by atoms with Crippen LogP contribution in [0.5, 0.6) is 0 Å². The van der Waals surface area contributed by atoms with E-state index in [2.05, 4.69) is 37.6 Å². The van der Waals surface area contributed by atoms with E-state index in [0.717, 1.165) is 11.3 Å². The maximum atomic E-state index is 13.0. The van der Waals surface area contributed by atoms with Crippen LogP contribution in [0.4, 0.5) is 5.13 Å². The monoisotopic (exact) mass is 566 g/mol. The number of nitrogens with zero attached hydrogens (tertiary/aromatic N) is 7. The van der Waals surface area contributed by atoms with Gasteiger partial charge in [0.2, 0.25) is 5.16 Å². The molecular formula is C19H22N10O5S3. The molecule has 2 aliphatic rings. The van der Waals surface area contributed by atoms with Gasteiger partial charge in [-0.2, -0.15) is 0 Å². The number of amides is 2. The second-order valence-electron chi connectivity index (χ2n) is 7.47. The molecule has 2 amide bonds. The van der Waals surface area contributed by atoms with Crippen LogP contribution in [0.1, 0.15) is 5.69 Å². The number of β-lactam (4-membered cyclic amide) rings is 1. The third-order valence-electron chi connectivity index (χ3n) is 5.06. The maximum absolute atomic E-state index is 13.0. The third kappa shape index (κ3) is 5.60. The number of anilines is 1. The van der Waals surface area contributed by atoms with E-state index in [-0.39, 0.29) is 41.1 Å². The molecule has 0 radical (unpaired) electrons. The SMILES string of the molecule is C=CCn1nnnc1SCC1=C(C(=O)O)N2C(=O)C(NC(=O)/C(=N\OCCN)c3csc(N)n3)[C@H]2SC1. The number of rotatable bonds is 12. The molecular weight excluding hydrogens is 544 g/mol.